The fourth-order valence-electron chi connectivity index (χ4n) is 13.7. The van der Waals surface area contributed by atoms with Gasteiger partial charge in [0.2, 0.25) is 6.71 Å². The van der Waals surface area contributed by atoms with Crippen LogP contribution >= 0.6 is 0 Å². The quantitative estimate of drug-likeness (QED) is 0.164. The predicted octanol–water partition coefficient (Wildman–Crippen LogP) is 13.1. The van der Waals surface area contributed by atoms with Gasteiger partial charge in [-0.05, 0) is 208 Å². The molecule has 0 radical (unpaired) electrons. The van der Waals surface area contributed by atoms with Crippen molar-refractivity contribution in [3.8, 4) is 11.5 Å². The Morgan fingerprint density at radius 1 is 0.444 bits per heavy atom. The van der Waals surface area contributed by atoms with E-state index in [1.807, 2.05) is 0 Å². The van der Waals surface area contributed by atoms with Gasteiger partial charge in [-0.15, -0.1) is 0 Å². The minimum Gasteiger partial charge on any atom is -0.458 e. The Balaban J connectivity index is 1.14. The number of fused-ring (bicyclic) bond motifs is 5. The Labute approximate surface area is 426 Å². The zero-order valence-corrected chi connectivity index (χ0v) is 43.0. The van der Waals surface area contributed by atoms with Crippen molar-refractivity contribution in [2.75, 3.05) is 14.7 Å². The van der Waals surface area contributed by atoms with Gasteiger partial charge in [0.05, 0.1) is 11.4 Å². The van der Waals surface area contributed by atoms with Gasteiger partial charge in [-0.1, -0.05) is 125 Å². The van der Waals surface area contributed by atoms with Gasteiger partial charge in [-0.2, -0.15) is 0 Å². The number of rotatable bonds is 4. The lowest BCUT2D eigenvalue weighted by Gasteiger charge is -2.50. The molecule has 0 amide bonds. The van der Waals surface area contributed by atoms with Crippen LogP contribution in [0.3, 0.4) is 0 Å². The molecule has 0 N–H and O–H groups in total. The molecule has 2 atom stereocenters. The summed E-state index contributed by atoms with van der Waals surface area (Å²) in [6, 6.07) is 52.3. The van der Waals surface area contributed by atoms with Gasteiger partial charge in [0.15, 0.2) is 0 Å². The third kappa shape index (κ3) is 6.33. The largest absolute Gasteiger partial charge is 0.458 e. The number of benzene rings is 8. The summed E-state index contributed by atoms with van der Waals surface area (Å²) in [4.78, 5) is 7.92. The molecule has 0 saturated heterocycles. The van der Waals surface area contributed by atoms with Crippen molar-refractivity contribution in [2.24, 2.45) is 0 Å². The highest BCUT2D eigenvalue weighted by molar-refractivity contribution is 7.03. The molecular formula is C66H59B2N3O. The van der Waals surface area contributed by atoms with E-state index in [1.54, 1.807) is 0 Å². The number of ether oxygens (including phenoxy) is 1. The van der Waals surface area contributed by atoms with Crippen molar-refractivity contribution < 1.29 is 4.74 Å². The van der Waals surface area contributed by atoms with Crippen LogP contribution in [0.5, 0.6) is 11.5 Å². The van der Waals surface area contributed by atoms with Crippen LogP contribution < -0.4 is 52.2 Å². The summed E-state index contributed by atoms with van der Waals surface area (Å²) in [7, 11) is 0. The van der Waals surface area contributed by atoms with Crippen LogP contribution in [0.25, 0.3) is 0 Å². The first kappa shape index (κ1) is 43.4. The van der Waals surface area contributed by atoms with Crippen molar-refractivity contribution in [1.82, 2.24) is 0 Å². The molecule has 8 aromatic rings. The summed E-state index contributed by atoms with van der Waals surface area (Å²) in [6.07, 6.45) is 7.69. The van der Waals surface area contributed by atoms with E-state index >= 15 is 0 Å². The molecule has 0 fully saturated rings. The Hall–Kier alpha value is -7.43. The van der Waals surface area contributed by atoms with E-state index in [1.165, 1.54) is 139 Å². The third-order valence-electron chi connectivity index (χ3n) is 17.1. The molecule has 72 heavy (non-hydrogen) atoms. The number of aryl methyl sites for hydroxylation is 7. The zero-order chi connectivity index (χ0) is 49.0. The molecule has 2 unspecified atom stereocenters. The summed E-state index contributed by atoms with van der Waals surface area (Å²) < 4.78 is 7.65. The van der Waals surface area contributed by atoms with Crippen LogP contribution in [-0.2, 0) is 6.42 Å². The molecule has 4 nitrogen and oxygen atoms in total. The minimum atomic E-state index is -0.0541. The number of hydrogen-bond donors (Lipinski definition) is 0. The van der Waals surface area contributed by atoms with Crippen LogP contribution in [0.4, 0.5) is 45.5 Å². The van der Waals surface area contributed by atoms with Gasteiger partial charge in [0.25, 0.3) is 6.71 Å². The van der Waals surface area contributed by atoms with Crippen molar-refractivity contribution in [3.05, 3.63) is 213 Å². The van der Waals surface area contributed by atoms with E-state index in [2.05, 4.69) is 223 Å². The molecule has 14 rings (SSSR count). The summed E-state index contributed by atoms with van der Waals surface area (Å²) >= 11 is 0. The molecule has 6 heteroatoms. The monoisotopic (exact) mass is 931 g/mol. The Kier molecular flexibility index (Phi) is 9.51. The Morgan fingerprint density at radius 3 is 1.68 bits per heavy atom. The molecule has 5 aliphatic heterocycles. The first-order chi connectivity index (χ1) is 34.9. The lowest BCUT2D eigenvalue weighted by Crippen LogP contribution is -2.66. The second kappa shape index (κ2) is 15.8. The average molecular weight is 932 g/mol. The normalized spacial score (nSPS) is 17.5. The molecule has 0 spiro atoms. The van der Waals surface area contributed by atoms with Crippen molar-refractivity contribution in [3.63, 3.8) is 0 Å². The van der Waals surface area contributed by atoms with Gasteiger partial charge in [-0.25, -0.2) is 0 Å². The topological polar surface area (TPSA) is 19.0 Å². The van der Waals surface area contributed by atoms with Crippen molar-refractivity contribution in [2.45, 2.75) is 93.4 Å². The maximum Gasteiger partial charge on any atom is 0.262 e. The maximum atomic E-state index is 7.65. The third-order valence-corrected chi connectivity index (χ3v) is 17.1. The van der Waals surface area contributed by atoms with E-state index in [9.17, 15) is 0 Å². The molecule has 8 aromatic carbocycles. The second-order valence-corrected chi connectivity index (χ2v) is 22.3. The van der Waals surface area contributed by atoms with E-state index in [4.69, 9.17) is 4.74 Å². The van der Waals surface area contributed by atoms with Gasteiger partial charge < -0.3 is 19.4 Å². The number of hydrogen-bond acceptors (Lipinski definition) is 4. The Morgan fingerprint density at radius 2 is 1.01 bits per heavy atom. The van der Waals surface area contributed by atoms with E-state index in [0.29, 0.717) is 5.92 Å². The smallest absolute Gasteiger partial charge is 0.262 e. The SMILES string of the molecule is CC1=CC=C(N2c3cc(C)cc4c3B3c5c(cc(C)cc5N4c4ccc(C)cc4)Oc4cc5c(c2c43)N(c2ccc(C)cc2)c2cc(C)cc3c2B5c2ccc(C)cc2CC(c2ccc(C)cc2)C3C)CC1. The number of allylic oxidation sites excluding steroid dienone is 4. The number of nitrogens with zero attached hydrogens (tertiary/aromatic N) is 3. The molecular weight excluding hydrogens is 872 g/mol. The van der Waals surface area contributed by atoms with E-state index < -0.39 is 0 Å². The van der Waals surface area contributed by atoms with Gasteiger partial charge in [0, 0.05) is 39.8 Å². The molecule has 1 aliphatic carbocycles. The molecule has 6 aliphatic rings. The summed E-state index contributed by atoms with van der Waals surface area (Å²) in [5.74, 6) is 2.45. The van der Waals surface area contributed by atoms with Crippen LogP contribution in [0.15, 0.2) is 157 Å². The highest BCUT2D eigenvalue weighted by Crippen LogP contribution is 2.54. The molecule has 0 aromatic heterocycles. The first-order valence-corrected chi connectivity index (χ1v) is 26.3. The van der Waals surface area contributed by atoms with Crippen LogP contribution in [0, 0.1) is 48.5 Å². The standard InChI is InChI=1S/C66H59B2N3O/c1-37-10-19-46(20-11-37)51-35-47-28-41(5)18-27-53(47)67-54-36-60-64-66(65(54)70(49-23-14-39(3)15-24-49)55-30-42(6)29-52(45(51)9)61(55)67)71(50-25-16-40(4)17-26-50)57-32-43(7)31-56-62(57)68(64)63-58(33-44(8)34-59(63)72-60)69(56)48-21-12-38(2)13-22-48/h10-16,18-25,27-34,36,45,51H,17,26,35H2,1-9H3. The summed E-state index contributed by atoms with van der Waals surface area (Å²) in [6.45, 7) is 20.4. The fourth-order valence-corrected chi connectivity index (χ4v) is 13.7. The lowest BCUT2D eigenvalue weighted by molar-refractivity contribution is 0.487. The summed E-state index contributed by atoms with van der Waals surface area (Å²) in [5.41, 5.74) is 33.6. The van der Waals surface area contributed by atoms with Crippen LogP contribution in [-0.4, -0.2) is 13.4 Å². The van der Waals surface area contributed by atoms with Crippen LogP contribution in [0.1, 0.15) is 94.2 Å². The fraction of sp³-hybridized carbons (Fsp3) is 0.212. The average Bonchev–Trinajstić information content (AvgIpc) is 3.35. The van der Waals surface area contributed by atoms with Gasteiger partial charge >= 0.3 is 0 Å². The second-order valence-electron chi connectivity index (χ2n) is 22.3. The lowest BCUT2D eigenvalue weighted by atomic mass is 9.30. The Bertz CT molecular complexity index is 3720. The van der Waals surface area contributed by atoms with E-state index in [-0.39, 0.29) is 19.3 Å². The number of anilines is 8. The highest BCUT2D eigenvalue weighted by Gasteiger charge is 2.53. The van der Waals surface area contributed by atoms with Gasteiger partial charge in [-0.3, -0.25) is 0 Å². The summed E-state index contributed by atoms with van der Waals surface area (Å²) in [5, 5.41) is 0. The minimum absolute atomic E-state index is 0.0499. The molecule has 5 heterocycles. The van der Waals surface area contributed by atoms with Gasteiger partial charge in [0.1, 0.15) is 11.5 Å². The highest BCUT2D eigenvalue weighted by atomic mass is 16.5. The predicted molar refractivity (Wildman–Crippen MR) is 306 cm³/mol. The zero-order valence-electron chi connectivity index (χ0n) is 43.0. The first-order valence-electron chi connectivity index (χ1n) is 26.3. The van der Waals surface area contributed by atoms with Crippen molar-refractivity contribution >= 4 is 91.7 Å². The van der Waals surface area contributed by atoms with Crippen LogP contribution in [0.2, 0.25) is 0 Å². The van der Waals surface area contributed by atoms with Crippen molar-refractivity contribution in [1.29, 1.82) is 0 Å². The van der Waals surface area contributed by atoms with E-state index in [0.717, 1.165) is 36.4 Å². The molecule has 350 valence electrons. The molecule has 0 saturated carbocycles. The molecule has 0 bridgehead atoms. The maximum absolute atomic E-state index is 7.65.